The van der Waals surface area contributed by atoms with E-state index >= 15 is 0 Å². The molecule has 0 aliphatic heterocycles. The Balaban J connectivity index is 2.15. The first kappa shape index (κ1) is 14.3. The molecule has 0 radical (unpaired) electrons. The molecule has 0 saturated carbocycles. The Bertz CT molecular complexity index is 672. The molecule has 106 valence electrons. The molecule has 0 N–H and O–H groups in total. The van der Waals surface area contributed by atoms with Crippen molar-refractivity contribution in [2.24, 2.45) is 7.05 Å². The first-order valence-electron chi connectivity index (χ1n) is 5.65. The van der Waals surface area contributed by atoms with Gasteiger partial charge < -0.3 is 4.74 Å². The molecule has 1 aromatic carbocycles. The van der Waals surface area contributed by atoms with Gasteiger partial charge in [-0.2, -0.15) is 9.49 Å². The maximum atomic E-state index is 13.4. The predicted molar refractivity (Wildman–Crippen MR) is 70.3 cm³/mol. The van der Waals surface area contributed by atoms with E-state index in [4.69, 9.17) is 16.3 Å². The Hall–Kier alpha value is -2.15. The van der Waals surface area contributed by atoms with Crippen LogP contribution >= 0.6 is 11.6 Å². The van der Waals surface area contributed by atoms with E-state index in [1.165, 1.54) is 10.7 Å². The van der Waals surface area contributed by atoms with Gasteiger partial charge in [0, 0.05) is 24.7 Å². The highest BCUT2D eigenvalue weighted by atomic mass is 35.5. The van der Waals surface area contributed by atoms with Crippen LogP contribution in [0.25, 0.3) is 0 Å². The molecule has 0 fully saturated rings. The highest BCUT2D eigenvalue weighted by molar-refractivity contribution is 6.30. The summed E-state index contributed by atoms with van der Waals surface area (Å²) in [6.45, 7) is 1.89. The molecule has 2 aromatic rings. The molecular weight excluding hydrogens is 289 g/mol. The third-order valence-corrected chi connectivity index (χ3v) is 3.24. The van der Waals surface area contributed by atoms with Crippen molar-refractivity contribution in [1.82, 2.24) is 9.78 Å². The first-order chi connectivity index (χ1) is 9.40. The lowest BCUT2D eigenvalue weighted by Crippen LogP contribution is -1.99. The monoisotopic (exact) mass is 299 g/mol. The van der Waals surface area contributed by atoms with E-state index in [9.17, 15) is 14.5 Å². The van der Waals surface area contributed by atoms with Crippen molar-refractivity contribution in [3.63, 3.8) is 0 Å². The zero-order chi connectivity index (χ0) is 14.9. The van der Waals surface area contributed by atoms with E-state index in [-0.39, 0.29) is 12.4 Å². The minimum absolute atomic E-state index is 0.107. The van der Waals surface area contributed by atoms with E-state index in [2.05, 4.69) is 5.10 Å². The number of hydrogen-bond acceptors (Lipinski definition) is 4. The number of benzene rings is 1. The second-order valence-electron chi connectivity index (χ2n) is 4.14. The van der Waals surface area contributed by atoms with Crippen molar-refractivity contribution in [2.75, 3.05) is 0 Å². The fourth-order valence-corrected chi connectivity index (χ4v) is 1.95. The van der Waals surface area contributed by atoms with Gasteiger partial charge in [0.05, 0.1) is 10.6 Å². The highest BCUT2D eigenvalue weighted by Gasteiger charge is 2.16. The van der Waals surface area contributed by atoms with Gasteiger partial charge in [-0.15, -0.1) is 0 Å². The molecule has 1 aromatic heterocycles. The Morgan fingerprint density at radius 3 is 2.75 bits per heavy atom. The van der Waals surface area contributed by atoms with Crippen molar-refractivity contribution >= 4 is 17.3 Å². The SMILES string of the molecule is Cc1nn(C)c(Cl)c1COc1ccc([N+](=O)[O-])c(F)c1. The van der Waals surface area contributed by atoms with Crippen molar-refractivity contribution in [1.29, 1.82) is 0 Å². The first-order valence-corrected chi connectivity index (χ1v) is 6.02. The normalized spacial score (nSPS) is 10.6. The van der Waals surface area contributed by atoms with Crippen LogP contribution in [0.15, 0.2) is 18.2 Å². The van der Waals surface area contributed by atoms with Crippen molar-refractivity contribution in [3.05, 3.63) is 50.5 Å². The molecule has 0 aliphatic rings. The minimum Gasteiger partial charge on any atom is -0.489 e. The fourth-order valence-electron chi connectivity index (χ4n) is 1.72. The summed E-state index contributed by atoms with van der Waals surface area (Å²) >= 11 is 6.04. The molecule has 0 unspecified atom stereocenters. The average molecular weight is 300 g/mol. The second-order valence-corrected chi connectivity index (χ2v) is 4.50. The average Bonchev–Trinajstić information content (AvgIpc) is 2.61. The number of aromatic nitrogens is 2. The predicted octanol–water partition coefficient (Wildman–Crippen LogP) is 3.01. The summed E-state index contributed by atoms with van der Waals surface area (Å²) in [5.74, 6) is -0.756. The van der Waals surface area contributed by atoms with Gasteiger partial charge in [-0.25, -0.2) is 0 Å². The Morgan fingerprint density at radius 2 is 2.25 bits per heavy atom. The summed E-state index contributed by atoms with van der Waals surface area (Å²) in [5, 5.41) is 15.1. The minimum atomic E-state index is -0.943. The molecule has 0 bridgehead atoms. The molecule has 6 nitrogen and oxygen atoms in total. The number of nitrogens with zero attached hydrogens (tertiary/aromatic N) is 3. The topological polar surface area (TPSA) is 70.2 Å². The molecule has 0 amide bonds. The summed E-state index contributed by atoms with van der Waals surface area (Å²) < 4.78 is 20.3. The molecule has 8 heteroatoms. The van der Waals surface area contributed by atoms with Crippen molar-refractivity contribution in [2.45, 2.75) is 13.5 Å². The summed E-state index contributed by atoms with van der Waals surface area (Å²) in [5.41, 5.74) is 0.806. The maximum Gasteiger partial charge on any atom is 0.305 e. The number of ether oxygens (including phenoxy) is 1. The molecule has 2 rings (SSSR count). The summed E-state index contributed by atoms with van der Waals surface area (Å²) in [7, 11) is 1.70. The lowest BCUT2D eigenvalue weighted by molar-refractivity contribution is -0.387. The van der Waals surface area contributed by atoms with Crippen LogP contribution in [0.4, 0.5) is 10.1 Å². The van der Waals surface area contributed by atoms with Gasteiger partial charge in [-0.1, -0.05) is 11.6 Å². The van der Waals surface area contributed by atoms with Crippen molar-refractivity contribution < 1.29 is 14.1 Å². The van der Waals surface area contributed by atoms with Crippen LogP contribution in [0.5, 0.6) is 5.75 Å². The van der Waals surface area contributed by atoms with E-state index in [1.807, 2.05) is 0 Å². The molecule has 0 saturated heterocycles. The summed E-state index contributed by atoms with van der Waals surface area (Å²) in [4.78, 5) is 9.71. The number of nitro benzene ring substituents is 1. The molecule has 1 heterocycles. The molecule has 0 atom stereocenters. The van der Waals surface area contributed by atoms with Gasteiger partial charge in [0.25, 0.3) is 0 Å². The lowest BCUT2D eigenvalue weighted by atomic mass is 10.2. The van der Waals surface area contributed by atoms with Gasteiger partial charge in [0.15, 0.2) is 0 Å². The molecule has 0 spiro atoms. The number of rotatable bonds is 4. The zero-order valence-corrected chi connectivity index (χ0v) is 11.5. The van der Waals surface area contributed by atoms with E-state index in [1.54, 1.807) is 14.0 Å². The van der Waals surface area contributed by atoms with Crippen LogP contribution in [0, 0.1) is 22.9 Å². The number of aryl methyl sites for hydroxylation is 2. The van der Waals surface area contributed by atoms with Gasteiger partial charge in [0.1, 0.15) is 17.5 Å². The smallest absolute Gasteiger partial charge is 0.305 e. The van der Waals surface area contributed by atoms with Crippen molar-refractivity contribution in [3.8, 4) is 5.75 Å². The van der Waals surface area contributed by atoms with E-state index < -0.39 is 16.4 Å². The zero-order valence-electron chi connectivity index (χ0n) is 10.8. The summed E-state index contributed by atoms with van der Waals surface area (Å²) in [6.07, 6.45) is 0. The Labute approximate surface area is 118 Å². The van der Waals surface area contributed by atoms with Gasteiger partial charge in [-0.3, -0.25) is 14.8 Å². The molecular formula is C12H11ClFN3O3. The van der Waals surface area contributed by atoms with Gasteiger partial charge >= 0.3 is 5.69 Å². The number of hydrogen-bond donors (Lipinski definition) is 0. The fraction of sp³-hybridized carbons (Fsp3) is 0.250. The van der Waals surface area contributed by atoms with E-state index in [0.717, 1.165) is 12.1 Å². The number of nitro groups is 1. The van der Waals surface area contributed by atoms with Crippen LogP contribution in [-0.2, 0) is 13.7 Å². The molecule has 0 aliphatic carbocycles. The third-order valence-electron chi connectivity index (χ3n) is 2.77. The largest absolute Gasteiger partial charge is 0.489 e. The number of halogens is 2. The second kappa shape index (κ2) is 5.46. The quantitative estimate of drug-likeness (QED) is 0.643. The maximum absolute atomic E-state index is 13.4. The highest BCUT2D eigenvalue weighted by Crippen LogP contribution is 2.25. The molecule has 20 heavy (non-hydrogen) atoms. The Kier molecular flexibility index (Phi) is 3.89. The van der Waals surface area contributed by atoms with Crippen LogP contribution in [0.3, 0.4) is 0 Å². The van der Waals surface area contributed by atoms with Crippen LogP contribution in [0.1, 0.15) is 11.3 Å². The van der Waals surface area contributed by atoms with Crippen LogP contribution in [0.2, 0.25) is 5.15 Å². The Morgan fingerprint density at radius 1 is 1.55 bits per heavy atom. The van der Waals surface area contributed by atoms with Gasteiger partial charge in [0.2, 0.25) is 5.82 Å². The van der Waals surface area contributed by atoms with E-state index in [0.29, 0.717) is 16.4 Å². The van der Waals surface area contributed by atoms with Crippen LogP contribution < -0.4 is 4.74 Å². The third kappa shape index (κ3) is 2.72. The van der Waals surface area contributed by atoms with Crippen LogP contribution in [-0.4, -0.2) is 14.7 Å². The lowest BCUT2D eigenvalue weighted by Gasteiger charge is -2.06. The summed E-state index contributed by atoms with van der Waals surface area (Å²) in [6, 6.07) is 3.36. The van der Waals surface area contributed by atoms with Gasteiger partial charge in [-0.05, 0) is 13.0 Å². The standard InChI is InChI=1S/C12H11ClFN3O3/c1-7-9(12(13)16(2)15-7)6-20-8-3-4-11(17(18)19)10(14)5-8/h3-5H,6H2,1-2H3.